The predicted molar refractivity (Wildman–Crippen MR) is 82.7 cm³/mol. The van der Waals surface area contributed by atoms with Crippen LogP contribution < -0.4 is 10.6 Å². The van der Waals surface area contributed by atoms with Crippen molar-refractivity contribution in [1.29, 1.82) is 0 Å². The first-order valence-electron chi connectivity index (χ1n) is 6.61. The number of benzene rings is 1. The highest BCUT2D eigenvalue weighted by molar-refractivity contribution is 7.09. The minimum atomic E-state index is -0.216. The number of hydrogen-bond donors (Lipinski definition) is 1. The van der Waals surface area contributed by atoms with Gasteiger partial charge in [-0.15, -0.1) is 11.3 Å². The van der Waals surface area contributed by atoms with Gasteiger partial charge < -0.3 is 10.6 Å². The first-order valence-corrected chi connectivity index (χ1v) is 7.49. The molecule has 0 saturated heterocycles. The molecule has 0 aliphatic heterocycles. The SMILES string of the molecule is Cc1ncsc1CN(C)c1ccc(F)cc1CC(C)N. The first-order chi connectivity index (χ1) is 9.47. The second-order valence-corrected chi connectivity index (χ2v) is 6.11. The predicted octanol–water partition coefficient (Wildman–Crippen LogP) is 3.12. The molecule has 1 heterocycles. The summed E-state index contributed by atoms with van der Waals surface area (Å²) in [6.45, 7) is 4.71. The minimum absolute atomic E-state index is 0.00842. The van der Waals surface area contributed by atoms with Crippen LogP contribution in [-0.2, 0) is 13.0 Å². The Labute approximate surface area is 123 Å². The molecule has 20 heavy (non-hydrogen) atoms. The van der Waals surface area contributed by atoms with Crippen LogP contribution in [0.15, 0.2) is 23.7 Å². The van der Waals surface area contributed by atoms with Gasteiger partial charge in [-0.25, -0.2) is 9.37 Å². The van der Waals surface area contributed by atoms with Crippen molar-refractivity contribution >= 4 is 17.0 Å². The minimum Gasteiger partial charge on any atom is -0.369 e. The molecule has 0 aliphatic carbocycles. The molecule has 0 bridgehead atoms. The highest BCUT2D eigenvalue weighted by atomic mass is 32.1. The lowest BCUT2D eigenvalue weighted by Gasteiger charge is -2.23. The molecule has 3 nitrogen and oxygen atoms in total. The quantitative estimate of drug-likeness (QED) is 0.921. The lowest BCUT2D eigenvalue weighted by atomic mass is 10.0. The summed E-state index contributed by atoms with van der Waals surface area (Å²) < 4.78 is 13.4. The number of halogens is 1. The molecule has 0 amide bonds. The highest BCUT2D eigenvalue weighted by Crippen LogP contribution is 2.25. The number of rotatable bonds is 5. The third-order valence-electron chi connectivity index (χ3n) is 3.22. The Morgan fingerprint density at radius 3 is 2.80 bits per heavy atom. The van der Waals surface area contributed by atoms with E-state index in [9.17, 15) is 4.39 Å². The fraction of sp³-hybridized carbons (Fsp3) is 0.400. The van der Waals surface area contributed by atoms with Crippen LogP contribution >= 0.6 is 11.3 Å². The molecule has 1 aromatic heterocycles. The van der Waals surface area contributed by atoms with Gasteiger partial charge in [0, 0.05) is 23.7 Å². The molecule has 5 heteroatoms. The summed E-state index contributed by atoms with van der Waals surface area (Å²) in [4.78, 5) is 7.61. The molecule has 2 rings (SSSR count). The van der Waals surface area contributed by atoms with Crippen molar-refractivity contribution in [1.82, 2.24) is 4.98 Å². The zero-order chi connectivity index (χ0) is 14.7. The van der Waals surface area contributed by atoms with Crippen LogP contribution in [-0.4, -0.2) is 18.1 Å². The fourth-order valence-corrected chi connectivity index (χ4v) is 3.04. The molecule has 1 aromatic carbocycles. The lowest BCUT2D eigenvalue weighted by Crippen LogP contribution is -2.22. The van der Waals surface area contributed by atoms with Gasteiger partial charge in [0.1, 0.15) is 5.82 Å². The topological polar surface area (TPSA) is 42.2 Å². The van der Waals surface area contributed by atoms with Crippen LogP contribution in [0.25, 0.3) is 0 Å². The van der Waals surface area contributed by atoms with E-state index in [2.05, 4.69) is 9.88 Å². The van der Waals surface area contributed by atoms with Crippen molar-refractivity contribution in [2.45, 2.75) is 32.9 Å². The van der Waals surface area contributed by atoms with E-state index in [0.717, 1.165) is 23.5 Å². The largest absolute Gasteiger partial charge is 0.369 e. The van der Waals surface area contributed by atoms with Gasteiger partial charge in [-0.3, -0.25) is 0 Å². The van der Waals surface area contributed by atoms with E-state index in [-0.39, 0.29) is 11.9 Å². The molecular formula is C15H20FN3S. The Balaban J connectivity index is 2.24. The van der Waals surface area contributed by atoms with E-state index in [4.69, 9.17) is 5.73 Å². The second kappa shape index (κ2) is 6.33. The molecule has 0 fully saturated rings. The molecule has 1 atom stereocenters. The van der Waals surface area contributed by atoms with Gasteiger partial charge in [0.05, 0.1) is 17.7 Å². The van der Waals surface area contributed by atoms with Gasteiger partial charge >= 0.3 is 0 Å². The van der Waals surface area contributed by atoms with E-state index in [1.165, 1.54) is 10.9 Å². The normalized spacial score (nSPS) is 12.4. The smallest absolute Gasteiger partial charge is 0.123 e. The van der Waals surface area contributed by atoms with Crippen molar-refractivity contribution in [3.05, 3.63) is 45.7 Å². The summed E-state index contributed by atoms with van der Waals surface area (Å²) in [7, 11) is 2.01. The maximum absolute atomic E-state index is 13.4. The van der Waals surface area contributed by atoms with E-state index < -0.39 is 0 Å². The monoisotopic (exact) mass is 293 g/mol. The number of nitrogens with zero attached hydrogens (tertiary/aromatic N) is 2. The summed E-state index contributed by atoms with van der Waals surface area (Å²) in [6, 6.07) is 4.91. The molecule has 0 radical (unpaired) electrons. The Bertz CT molecular complexity index is 580. The molecule has 0 spiro atoms. The first kappa shape index (κ1) is 14.9. The highest BCUT2D eigenvalue weighted by Gasteiger charge is 2.12. The van der Waals surface area contributed by atoms with Gasteiger partial charge in [0.2, 0.25) is 0 Å². The number of anilines is 1. The Morgan fingerprint density at radius 1 is 1.45 bits per heavy atom. The number of hydrogen-bond acceptors (Lipinski definition) is 4. The van der Waals surface area contributed by atoms with Crippen LogP contribution in [0.1, 0.15) is 23.1 Å². The average molecular weight is 293 g/mol. The van der Waals surface area contributed by atoms with Crippen LogP contribution in [0.3, 0.4) is 0 Å². The van der Waals surface area contributed by atoms with E-state index in [1.54, 1.807) is 17.4 Å². The molecule has 1 unspecified atom stereocenters. The van der Waals surface area contributed by atoms with E-state index in [0.29, 0.717) is 6.42 Å². The summed E-state index contributed by atoms with van der Waals surface area (Å²) in [5.41, 5.74) is 10.7. The van der Waals surface area contributed by atoms with Gasteiger partial charge in [0.25, 0.3) is 0 Å². The Morgan fingerprint density at radius 2 is 2.20 bits per heavy atom. The van der Waals surface area contributed by atoms with Crippen molar-refractivity contribution in [2.24, 2.45) is 5.73 Å². The van der Waals surface area contributed by atoms with Crippen LogP contribution in [0.5, 0.6) is 0 Å². The molecule has 0 saturated carbocycles. The second-order valence-electron chi connectivity index (χ2n) is 5.17. The third-order valence-corrected chi connectivity index (χ3v) is 4.14. The molecule has 0 aliphatic rings. The number of nitrogens with two attached hydrogens (primary N) is 1. The molecule has 2 N–H and O–H groups in total. The summed E-state index contributed by atoms with van der Waals surface area (Å²) in [5, 5.41) is 0. The average Bonchev–Trinajstić information content (AvgIpc) is 2.74. The molecule has 108 valence electrons. The lowest BCUT2D eigenvalue weighted by molar-refractivity contribution is 0.622. The van der Waals surface area contributed by atoms with Crippen LogP contribution in [0, 0.1) is 12.7 Å². The molecular weight excluding hydrogens is 273 g/mol. The zero-order valence-corrected chi connectivity index (χ0v) is 12.9. The van der Waals surface area contributed by atoms with Crippen molar-refractivity contribution in [3.8, 4) is 0 Å². The van der Waals surface area contributed by atoms with E-state index >= 15 is 0 Å². The van der Waals surface area contributed by atoms with E-state index in [1.807, 2.05) is 32.5 Å². The maximum atomic E-state index is 13.4. The van der Waals surface area contributed by atoms with Crippen molar-refractivity contribution < 1.29 is 4.39 Å². The number of thiazole rings is 1. The Kier molecular flexibility index (Phi) is 4.73. The summed E-state index contributed by atoms with van der Waals surface area (Å²) >= 11 is 1.64. The van der Waals surface area contributed by atoms with Crippen LogP contribution in [0.4, 0.5) is 10.1 Å². The van der Waals surface area contributed by atoms with Crippen molar-refractivity contribution in [3.63, 3.8) is 0 Å². The number of aromatic nitrogens is 1. The Hall–Kier alpha value is -1.46. The van der Waals surface area contributed by atoms with Gasteiger partial charge in [-0.2, -0.15) is 0 Å². The number of aryl methyl sites for hydroxylation is 1. The van der Waals surface area contributed by atoms with Crippen molar-refractivity contribution in [2.75, 3.05) is 11.9 Å². The van der Waals surface area contributed by atoms with Crippen LogP contribution in [0.2, 0.25) is 0 Å². The maximum Gasteiger partial charge on any atom is 0.123 e. The third kappa shape index (κ3) is 3.55. The summed E-state index contributed by atoms with van der Waals surface area (Å²) in [6.07, 6.45) is 0.666. The standard InChI is InChI=1S/C15H20FN3S/c1-10(17)6-12-7-13(16)4-5-14(12)19(3)8-15-11(2)18-9-20-15/h4-5,7,9-10H,6,8,17H2,1-3H3. The zero-order valence-electron chi connectivity index (χ0n) is 12.1. The van der Waals surface area contributed by atoms with Gasteiger partial charge in [-0.05, 0) is 44.0 Å². The molecule has 2 aromatic rings. The fourth-order valence-electron chi connectivity index (χ4n) is 2.22. The van der Waals surface area contributed by atoms with Gasteiger partial charge in [-0.1, -0.05) is 0 Å². The van der Waals surface area contributed by atoms with Gasteiger partial charge in [0.15, 0.2) is 0 Å². The summed E-state index contributed by atoms with van der Waals surface area (Å²) in [5.74, 6) is -0.216.